The number of carboxylic acid groups (broad SMARTS) is 1. The maximum atomic E-state index is 12.7. The Balaban J connectivity index is 0.00000320. The maximum absolute atomic E-state index is 12.7. The first-order valence-electron chi connectivity index (χ1n) is 7.65. The van der Waals surface area contributed by atoms with Gasteiger partial charge in [-0.05, 0) is 36.4 Å². The number of rotatable bonds is 5. The van der Waals surface area contributed by atoms with Gasteiger partial charge < -0.3 is 19.4 Å². The van der Waals surface area contributed by atoms with E-state index in [1.807, 2.05) is 0 Å². The second kappa shape index (κ2) is 8.98. The van der Waals surface area contributed by atoms with E-state index in [9.17, 15) is 36.6 Å². The van der Waals surface area contributed by atoms with E-state index < -0.39 is 47.0 Å². The molecule has 7 nitrogen and oxygen atoms in total. The third-order valence-electron chi connectivity index (χ3n) is 3.60. The van der Waals surface area contributed by atoms with Crippen molar-refractivity contribution in [3.8, 4) is 17.2 Å². The molecule has 13 heteroatoms. The normalized spacial score (nSPS) is 11.3. The number of ether oxygens (including phenoxy) is 2. The van der Waals surface area contributed by atoms with Crippen molar-refractivity contribution in [2.24, 2.45) is 0 Å². The summed E-state index contributed by atoms with van der Waals surface area (Å²) in [5.41, 5.74) is -2.42. The van der Waals surface area contributed by atoms with Gasteiger partial charge in [-0.2, -0.15) is 13.9 Å². The molecule has 0 fully saturated rings. The van der Waals surface area contributed by atoms with Crippen molar-refractivity contribution in [1.29, 1.82) is 0 Å². The second-order valence-electron chi connectivity index (χ2n) is 5.45. The van der Waals surface area contributed by atoms with Gasteiger partial charge in [-0.25, -0.2) is 4.68 Å². The van der Waals surface area contributed by atoms with Crippen LogP contribution in [0.15, 0.2) is 47.3 Å². The van der Waals surface area contributed by atoms with Crippen LogP contribution in [-0.4, -0.2) is 28.7 Å². The number of aromatic nitrogens is 2. The molecular formula is C17H8F5N2NaO5. The first-order chi connectivity index (χ1) is 13.6. The number of carbonyl (C=O) groups is 1. The Hall–Kier alpha value is -2.70. The van der Waals surface area contributed by atoms with Gasteiger partial charge in [-0.1, -0.05) is 6.07 Å². The number of alkyl halides is 5. The summed E-state index contributed by atoms with van der Waals surface area (Å²) in [6, 6.07) is 7.58. The number of aromatic carboxylic acids is 1. The van der Waals surface area contributed by atoms with Crippen LogP contribution in [0.5, 0.6) is 11.5 Å². The van der Waals surface area contributed by atoms with E-state index in [1.54, 1.807) is 0 Å². The standard InChI is InChI=1S/C17H9F5N2O5.Na/c18-16(19)28-11-3-1-2-10-12(11)14(25)13(15(26)27)23-24(10)8-4-6-9(7-5-8)29-17(20,21)22;/h1-7,16H,(H,26,27);/q;+1/p-1. The van der Waals surface area contributed by atoms with Gasteiger partial charge in [0.25, 0.3) is 0 Å². The number of benzene rings is 2. The molecule has 0 saturated heterocycles. The minimum Gasteiger partial charge on any atom is -0.543 e. The molecule has 2 aromatic carbocycles. The molecule has 0 amide bonds. The van der Waals surface area contributed by atoms with Crippen LogP contribution in [0.25, 0.3) is 16.6 Å². The fourth-order valence-electron chi connectivity index (χ4n) is 2.56. The third kappa shape index (κ3) is 5.07. The van der Waals surface area contributed by atoms with Gasteiger partial charge in [0.15, 0.2) is 5.69 Å². The summed E-state index contributed by atoms with van der Waals surface area (Å²) in [6.45, 7) is -3.30. The maximum Gasteiger partial charge on any atom is 1.00 e. The Morgan fingerprint density at radius 1 is 1.10 bits per heavy atom. The predicted octanol–water partition coefficient (Wildman–Crippen LogP) is -0.747. The van der Waals surface area contributed by atoms with Gasteiger partial charge >= 0.3 is 42.5 Å². The van der Waals surface area contributed by atoms with Crippen LogP contribution >= 0.6 is 0 Å². The minimum atomic E-state index is -4.92. The summed E-state index contributed by atoms with van der Waals surface area (Å²) < 4.78 is 71.1. The molecule has 0 unspecified atom stereocenters. The molecule has 0 aliphatic heterocycles. The van der Waals surface area contributed by atoms with E-state index in [2.05, 4.69) is 14.6 Å². The largest absolute Gasteiger partial charge is 1.00 e. The van der Waals surface area contributed by atoms with E-state index in [0.717, 1.165) is 35.0 Å². The number of hydrogen-bond acceptors (Lipinski definition) is 6. The third-order valence-corrected chi connectivity index (χ3v) is 3.60. The zero-order chi connectivity index (χ0) is 21.3. The van der Waals surface area contributed by atoms with Crippen molar-refractivity contribution in [1.82, 2.24) is 9.78 Å². The number of nitrogens with zero attached hydrogens (tertiary/aromatic N) is 2. The average Bonchev–Trinajstić information content (AvgIpc) is 2.61. The number of hydrogen-bond donors (Lipinski definition) is 0. The van der Waals surface area contributed by atoms with Crippen LogP contribution in [-0.2, 0) is 0 Å². The fourth-order valence-corrected chi connectivity index (χ4v) is 2.56. The summed E-state index contributed by atoms with van der Waals surface area (Å²) in [7, 11) is 0. The Morgan fingerprint density at radius 3 is 2.27 bits per heavy atom. The van der Waals surface area contributed by atoms with Crippen molar-refractivity contribution in [2.75, 3.05) is 0 Å². The molecule has 3 rings (SSSR count). The summed E-state index contributed by atoms with van der Waals surface area (Å²) in [5.74, 6) is -3.14. The van der Waals surface area contributed by atoms with Crippen molar-refractivity contribution >= 4 is 16.9 Å². The molecule has 0 spiro atoms. The van der Waals surface area contributed by atoms with E-state index in [-0.39, 0.29) is 40.8 Å². The molecule has 0 bridgehead atoms. The van der Waals surface area contributed by atoms with Crippen LogP contribution in [0, 0.1) is 0 Å². The second-order valence-corrected chi connectivity index (χ2v) is 5.45. The monoisotopic (exact) mass is 438 g/mol. The summed E-state index contributed by atoms with van der Waals surface area (Å²) >= 11 is 0. The Kier molecular flexibility index (Phi) is 7.06. The van der Waals surface area contributed by atoms with Crippen molar-refractivity contribution in [3.05, 3.63) is 58.4 Å². The zero-order valence-corrected chi connectivity index (χ0v) is 16.9. The van der Waals surface area contributed by atoms with Crippen molar-refractivity contribution < 1.29 is 70.9 Å². The molecule has 0 N–H and O–H groups in total. The average molecular weight is 438 g/mol. The Bertz CT molecular complexity index is 1130. The molecule has 0 aliphatic rings. The smallest absolute Gasteiger partial charge is 0.543 e. The van der Waals surface area contributed by atoms with Gasteiger partial charge in [0, 0.05) is 0 Å². The number of carbonyl (C=O) groups excluding carboxylic acids is 1. The van der Waals surface area contributed by atoms with E-state index >= 15 is 0 Å². The van der Waals surface area contributed by atoms with Crippen molar-refractivity contribution in [3.63, 3.8) is 0 Å². The zero-order valence-electron chi connectivity index (χ0n) is 14.9. The molecule has 0 aliphatic carbocycles. The molecule has 30 heavy (non-hydrogen) atoms. The van der Waals surface area contributed by atoms with Crippen LogP contribution < -0.4 is 49.6 Å². The summed E-state index contributed by atoms with van der Waals surface area (Å²) in [6.07, 6.45) is -4.92. The van der Waals surface area contributed by atoms with Crippen LogP contribution in [0.4, 0.5) is 22.0 Å². The van der Waals surface area contributed by atoms with Crippen LogP contribution in [0.1, 0.15) is 10.5 Å². The van der Waals surface area contributed by atoms with E-state index in [0.29, 0.717) is 0 Å². The van der Waals surface area contributed by atoms with Gasteiger partial charge in [0.05, 0.1) is 22.6 Å². The minimum absolute atomic E-state index is 0. The van der Waals surface area contributed by atoms with Crippen LogP contribution in [0.3, 0.4) is 0 Å². The molecule has 3 aromatic rings. The number of carboxylic acids is 1. The van der Waals surface area contributed by atoms with Gasteiger partial charge in [0.2, 0.25) is 5.43 Å². The predicted molar refractivity (Wildman–Crippen MR) is 85.0 cm³/mol. The number of fused-ring (bicyclic) bond motifs is 1. The van der Waals surface area contributed by atoms with Crippen LogP contribution in [0.2, 0.25) is 0 Å². The quantitative estimate of drug-likeness (QED) is 0.385. The molecule has 0 radical (unpaired) electrons. The summed E-state index contributed by atoms with van der Waals surface area (Å²) in [5, 5.41) is 14.4. The fraction of sp³-hybridized carbons (Fsp3) is 0.118. The van der Waals surface area contributed by atoms with E-state index in [1.165, 1.54) is 12.1 Å². The molecule has 152 valence electrons. The first kappa shape index (κ1) is 23.6. The van der Waals surface area contributed by atoms with E-state index in [4.69, 9.17) is 0 Å². The molecule has 1 heterocycles. The number of halogens is 5. The first-order valence-corrected chi connectivity index (χ1v) is 7.65. The summed E-state index contributed by atoms with van der Waals surface area (Å²) in [4.78, 5) is 23.7. The van der Waals surface area contributed by atoms with Gasteiger partial charge in [-0.15, -0.1) is 13.2 Å². The SMILES string of the molecule is O=C([O-])c1nn(-c2ccc(OC(F)(F)F)cc2)c2cccc(OC(F)F)c2c1=O.[Na+]. The van der Waals surface area contributed by atoms with Gasteiger partial charge in [-0.3, -0.25) is 4.79 Å². The van der Waals surface area contributed by atoms with Gasteiger partial charge in [0.1, 0.15) is 11.5 Å². The Morgan fingerprint density at radius 2 is 1.73 bits per heavy atom. The molecule has 1 aromatic heterocycles. The topological polar surface area (TPSA) is 93.5 Å². The van der Waals surface area contributed by atoms with Crippen molar-refractivity contribution in [2.45, 2.75) is 13.0 Å². The molecule has 0 saturated carbocycles. The Labute approximate surface area is 185 Å². The molecular weight excluding hydrogens is 430 g/mol. The molecule has 0 atom stereocenters.